The first-order chi connectivity index (χ1) is 6.31. The van der Waals surface area contributed by atoms with Gasteiger partial charge in [0.25, 0.3) is 0 Å². The molecule has 0 saturated heterocycles. The summed E-state index contributed by atoms with van der Waals surface area (Å²) in [7, 11) is 3.98. The average Bonchev–Trinajstić information content (AvgIpc) is 2.12. The molecule has 1 amide bonds. The highest BCUT2D eigenvalue weighted by atomic mass is 16.2. The smallest absolute Gasteiger partial charge is 0.236 e. The molecule has 0 aliphatic carbocycles. The minimum atomic E-state index is -0.382. The third-order valence-electron chi connectivity index (χ3n) is 2.68. The van der Waals surface area contributed by atoms with Gasteiger partial charge in [0, 0.05) is 12.1 Å². The number of rotatable bonds is 5. The van der Waals surface area contributed by atoms with Gasteiger partial charge in [-0.2, -0.15) is 0 Å². The maximum atomic E-state index is 11.4. The second-order valence-electron chi connectivity index (χ2n) is 4.44. The maximum absolute atomic E-state index is 11.4. The van der Waals surface area contributed by atoms with E-state index < -0.39 is 0 Å². The summed E-state index contributed by atoms with van der Waals surface area (Å²) < 4.78 is 0. The van der Waals surface area contributed by atoms with E-state index in [0.29, 0.717) is 13.0 Å². The number of carbonyl (C=O) groups is 1. The summed E-state index contributed by atoms with van der Waals surface area (Å²) in [5, 5.41) is 2.85. The molecule has 0 radical (unpaired) electrons. The fourth-order valence-corrected chi connectivity index (χ4v) is 0.778. The molecule has 0 fully saturated rings. The van der Waals surface area contributed by atoms with E-state index in [9.17, 15) is 4.79 Å². The van der Waals surface area contributed by atoms with Crippen molar-refractivity contribution in [2.75, 3.05) is 20.6 Å². The van der Waals surface area contributed by atoms with E-state index in [1.54, 1.807) is 0 Å². The molecule has 0 aliphatic rings. The van der Waals surface area contributed by atoms with E-state index in [4.69, 9.17) is 5.73 Å². The van der Waals surface area contributed by atoms with Gasteiger partial charge in [-0.1, -0.05) is 6.92 Å². The Balaban J connectivity index is 4.00. The number of hydrogen-bond acceptors (Lipinski definition) is 3. The molecule has 1 atom stereocenters. The number of likely N-dealkylation sites (N-methyl/N-ethyl adjacent to an activating group) is 1. The van der Waals surface area contributed by atoms with Crippen molar-refractivity contribution in [1.29, 1.82) is 0 Å². The number of hydrogen-bond donors (Lipinski definition) is 2. The average molecular weight is 201 g/mol. The summed E-state index contributed by atoms with van der Waals surface area (Å²) in [6, 6.07) is -0.382. The second-order valence-corrected chi connectivity index (χ2v) is 4.44. The van der Waals surface area contributed by atoms with Crippen molar-refractivity contribution in [3.05, 3.63) is 0 Å². The molecule has 0 unspecified atom stereocenters. The summed E-state index contributed by atoms with van der Waals surface area (Å²) in [6.45, 7) is 6.67. The van der Waals surface area contributed by atoms with Crippen LogP contribution in [-0.4, -0.2) is 43.0 Å². The van der Waals surface area contributed by atoms with Crippen LogP contribution in [0.3, 0.4) is 0 Å². The van der Waals surface area contributed by atoms with Crippen LogP contribution in [0.4, 0.5) is 0 Å². The zero-order valence-electron chi connectivity index (χ0n) is 9.92. The first-order valence-corrected chi connectivity index (χ1v) is 5.02. The van der Waals surface area contributed by atoms with E-state index in [-0.39, 0.29) is 17.5 Å². The molecule has 84 valence electrons. The van der Waals surface area contributed by atoms with Gasteiger partial charge in [-0.15, -0.1) is 0 Å². The summed E-state index contributed by atoms with van der Waals surface area (Å²) in [5.41, 5.74) is 5.56. The highest BCUT2D eigenvalue weighted by Crippen LogP contribution is 2.07. The standard InChI is InChI=1S/C10H23N3O/c1-6-8(11)9(14)12-7-10(2,3)13(4)5/h8H,6-7,11H2,1-5H3,(H,12,14)/t8-/m1/s1. The third kappa shape index (κ3) is 4.07. The second kappa shape index (κ2) is 5.32. The predicted molar refractivity (Wildman–Crippen MR) is 59.0 cm³/mol. The molecule has 0 aromatic carbocycles. The predicted octanol–water partition coefficient (Wildman–Crippen LogP) is 0.180. The fraction of sp³-hybridized carbons (Fsp3) is 0.900. The molecule has 0 saturated carbocycles. The van der Waals surface area contributed by atoms with Crippen molar-refractivity contribution in [3.8, 4) is 0 Å². The molecular formula is C10H23N3O. The van der Waals surface area contributed by atoms with Gasteiger partial charge >= 0.3 is 0 Å². The van der Waals surface area contributed by atoms with Crippen molar-refractivity contribution in [2.24, 2.45) is 5.73 Å². The lowest BCUT2D eigenvalue weighted by atomic mass is 10.0. The molecule has 0 rings (SSSR count). The molecule has 0 aliphatic heterocycles. The maximum Gasteiger partial charge on any atom is 0.236 e. The Morgan fingerprint density at radius 2 is 2.00 bits per heavy atom. The van der Waals surface area contributed by atoms with E-state index in [0.717, 1.165) is 0 Å². The van der Waals surface area contributed by atoms with Gasteiger partial charge < -0.3 is 16.0 Å². The lowest BCUT2D eigenvalue weighted by Gasteiger charge is -2.32. The van der Waals surface area contributed by atoms with Crippen molar-refractivity contribution < 1.29 is 4.79 Å². The molecule has 0 bridgehead atoms. The first-order valence-electron chi connectivity index (χ1n) is 5.02. The Bertz CT molecular complexity index is 190. The van der Waals surface area contributed by atoms with Crippen LogP contribution in [0, 0.1) is 0 Å². The van der Waals surface area contributed by atoms with Crippen molar-refractivity contribution >= 4 is 5.91 Å². The topological polar surface area (TPSA) is 58.4 Å². The normalized spacial score (nSPS) is 14.2. The minimum Gasteiger partial charge on any atom is -0.353 e. The lowest BCUT2D eigenvalue weighted by molar-refractivity contribution is -0.122. The van der Waals surface area contributed by atoms with E-state index >= 15 is 0 Å². The molecule has 4 nitrogen and oxygen atoms in total. The monoisotopic (exact) mass is 201 g/mol. The van der Waals surface area contributed by atoms with Crippen LogP contribution >= 0.6 is 0 Å². The summed E-state index contributed by atoms with van der Waals surface area (Å²) in [6.07, 6.45) is 0.675. The van der Waals surface area contributed by atoms with Gasteiger partial charge in [-0.3, -0.25) is 4.79 Å². The largest absolute Gasteiger partial charge is 0.353 e. The van der Waals surface area contributed by atoms with Crippen LogP contribution in [0.5, 0.6) is 0 Å². The van der Waals surface area contributed by atoms with E-state index in [2.05, 4.69) is 24.1 Å². The van der Waals surface area contributed by atoms with Gasteiger partial charge in [0.05, 0.1) is 6.04 Å². The molecule has 0 heterocycles. The molecule has 4 heteroatoms. The lowest BCUT2D eigenvalue weighted by Crippen LogP contribution is -2.51. The third-order valence-corrected chi connectivity index (χ3v) is 2.68. The van der Waals surface area contributed by atoms with Gasteiger partial charge in [-0.05, 0) is 34.4 Å². The van der Waals surface area contributed by atoms with Gasteiger partial charge in [0.2, 0.25) is 5.91 Å². The number of nitrogens with zero attached hydrogens (tertiary/aromatic N) is 1. The van der Waals surface area contributed by atoms with Gasteiger partial charge in [0.15, 0.2) is 0 Å². The summed E-state index contributed by atoms with van der Waals surface area (Å²) in [4.78, 5) is 13.5. The quantitative estimate of drug-likeness (QED) is 0.667. The highest BCUT2D eigenvalue weighted by Gasteiger charge is 2.22. The zero-order chi connectivity index (χ0) is 11.4. The number of nitrogens with one attached hydrogen (secondary N) is 1. The number of amides is 1. The van der Waals surface area contributed by atoms with E-state index in [1.807, 2.05) is 21.0 Å². The van der Waals surface area contributed by atoms with Crippen molar-refractivity contribution in [1.82, 2.24) is 10.2 Å². The molecule has 0 aromatic heterocycles. The molecule has 3 N–H and O–H groups in total. The zero-order valence-corrected chi connectivity index (χ0v) is 9.92. The number of carbonyl (C=O) groups excluding carboxylic acids is 1. The fourth-order valence-electron chi connectivity index (χ4n) is 0.778. The van der Waals surface area contributed by atoms with Crippen LogP contribution in [-0.2, 0) is 4.79 Å². The van der Waals surface area contributed by atoms with Crippen LogP contribution < -0.4 is 11.1 Å². The molecule has 0 spiro atoms. The molecular weight excluding hydrogens is 178 g/mol. The Kier molecular flexibility index (Phi) is 5.08. The summed E-state index contributed by atoms with van der Waals surface area (Å²) >= 11 is 0. The highest BCUT2D eigenvalue weighted by molar-refractivity contribution is 5.81. The molecule has 0 aromatic rings. The molecule has 14 heavy (non-hydrogen) atoms. The Morgan fingerprint density at radius 3 is 2.36 bits per heavy atom. The Hall–Kier alpha value is -0.610. The SMILES string of the molecule is CC[C@@H](N)C(=O)NCC(C)(C)N(C)C. The van der Waals surface area contributed by atoms with Crippen LogP contribution in [0.25, 0.3) is 0 Å². The minimum absolute atomic E-state index is 0.0386. The van der Waals surface area contributed by atoms with Crippen molar-refractivity contribution in [2.45, 2.75) is 38.8 Å². The van der Waals surface area contributed by atoms with Crippen LogP contribution in [0.1, 0.15) is 27.2 Å². The first kappa shape index (κ1) is 13.4. The Morgan fingerprint density at radius 1 is 1.50 bits per heavy atom. The summed E-state index contributed by atoms with van der Waals surface area (Å²) in [5.74, 6) is -0.0672. The number of nitrogens with two attached hydrogens (primary N) is 1. The Labute approximate surface area is 86.8 Å². The van der Waals surface area contributed by atoms with Crippen molar-refractivity contribution in [3.63, 3.8) is 0 Å². The van der Waals surface area contributed by atoms with Crippen LogP contribution in [0.2, 0.25) is 0 Å². The van der Waals surface area contributed by atoms with Gasteiger partial charge in [-0.25, -0.2) is 0 Å². The van der Waals surface area contributed by atoms with Gasteiger partial charge in [0.1, 0.15) is 0 Å². The van der Waals surface area contributed by atoms with E-state index in [1.165, 1.54) is 0 Å². The van der Waals surface area contributed by atoms with Crippen LogP contribution in [0.15, 0.2) is 0 Å².